The van der Waals surface area contributed by atoms with E-state index in [1.54, 1.807) is 24.3 Å². The summed E-state index contributed by atoms with van der Waals surface area (Å²) >= 11 is 0. The minimum atomic E-state index is -0.164. The SMILES string of the molecule is N#Cc1cccc(C(=O)N[C@H]2CCCn3nc(-c4ccnc(C5CC5)c4)cc32)c1. The zero-order valence-electron chi connectivity index (χ0n) is 16.0. The van der Waals surface area contributed by atoms with Crippen LogP contribution >= 0.6 is 0 Å². The van der Waals surface area contributed by atoms with Crippen LogP contribution in [-0.4, -0.2) is 20.7 Å². The van der Waals surface area contributed by atoms with Crippen molar-refractivity contribution < 1.29 is 4.79 Å². The van der Waals surface area contributed by atoms with Gasteiger partial charge in [0, 0.05) is 35.5 Å². The highest BCUT2D eigenvalue weighted by Gasteiger charge is 2.27. The first kappa shape index (κ1) is 17.6. The number of hydrogen-bond donors (Lipinski definition) is 1. The second-order valence-corrected chi connectivity index (χ2v) is 7.78. The number of amides is 1. The van der Waals surface area contributed by atoms with Gasteiger partial charge in [0.05, 0.1) is 29.1 Å². The number of fused-ring (bicyclic) bond motifs is 1. The van der Waals surface area contributed by atoms with E-state index in [0.29, 0.717) is 17.0 Å². The molecule has 1 amide bonds. The molecule has 1 aliphatic carbocycles. The first-order valence-corrected chi connectivity index (χ1v) is 10.1. The van der Waals surface area contributed by atoms with Gasteiger partial charge in [0.15, 0.2) is 0 Å². The van der Waals surface area contributed by atoms with Gasteiger partial charge in [0.2, 0.25) is 0 Å². The van der Waals surface area contributed by atoms with Crippen molar-refractivity contribution in [3.8, 4) is 17.3 Å². The van der Waals surface area contributed by atoms with Gasteiger partial charge in [-0.3, -0.25) is 14.5 Å². The minimum Gasteiger partial charge on any atom is -0.344 e. The second kappa shape index (κ2) is 7.17. The van der Waals surface area contributed by atoms with Crippen molar-refractivity contribution in [3.05, 3.63) is 71.2 Å². The number of carbonyl (C=O) groups excluding carboxylic acids is 1. The second-order valence-electron chi connectivity index (χ2n) is 7.78. The quantitative estimate of drug-likeness (QED) is 0.739. The van der Waals surface area contributed by atoms with Crippen LogP contribution in [-0.2, 0) is 6.54 Å². The van der Waals surface area contributed by atoms with Gasteiger partial charge in [-0.2, -0.15) is 10.4 Å². The van der Waals surface area contributed by atoms with Crippen LogP contribution < -0.4 is 5.32 Å². The lowest BCUT2D eigenvalue weighted by Gasteiger charge is -2.24. The third-order valence-electron chi connectivity index (χ3n) is 5.66. The number of nitrogens with one attached hydrogen (secondary N) is 1. The molecule has 1 aromatic carbocycles. The number of aromatic nitrogens is 3. The molecule has 0 unspecified atom stereocenters. The number of rotatable bonds is 4. The van der Waals surface area contributed by atoms with E-state index in [1.807, 2.05) is 16.9 Å². The molecule has 1 saturated carbocycles. The van der Waals surface area contributed by atoms with Crippen LogP contribution in [0.1, 0.15) is 65.0 Å². The molecule has 6 heteroatoms. The van der Waals surface area contributed by atoms with Crippen molar-refractivity contribution in [2.45, 2.75) is 44.2 Å². The van der Waals surface area contributed by atoms with Crippen molar-refractivity contribution in [2.24, 2.45) is 0 Å². The topological polar surface area (TPSA) is 83.6 Å². The first-order valence-electron chi connectivity index (χ1n) is 10.1. The van der Waals surface area contributed by atoms with E-state index in [4.69, 9.17) is 10.4 Å². The van der Waals surface area contributed by atoms with Crippen LogP contribution in [0.3, 0.4) is 0 Å². The molecule has 5 rings (SSSR count). The molecule has 2 aliphatic rings. The van der Waals surface area contributed by atoms with Gasteiger partial charge >= 0.3 is 0 Å². The third-order valence-corrected chi connectivity index (χ3v) is 5.66. The Morgan fingerprint density at radius 2 is 2.07 bits per heavy atom. The molecule has 2 aromatic heterocycles. The van der Waals surface area contributed by atoms with Crippen LogP contribution in [0.5, 0.6) is 0 Å². The summed E-state index contributed by atoms with van der Waals surface area (Å²) < 4.78 is 2.01. The summed E-state index contributed by atoms with van der Waals surface area (Å²) in [6.45, 7) is 0.853. The average Bonchev–Trinajstić information content (AvgIpc) is 3.52. The molecule has 1 fully saturated rings. The Bertz CT molecular complexity index is 1120. The highest BCUT2D eigenvalue weighted by Crippen LogP contribution is 2.40. The number of nitrogens with zero attached hydrogens (tertiary/aromatic N) is 4. The number of carbonyl (C=O) groups is 1. The lowest BCUT2D eigenvalue weighted by molar-refractivity contribution is 0.0928. The molecular weight excluding hydrogens is 362 g/mol. The van der Waals surface area contributed by atoms with Gasteiger partial charge in [-0.1, -0.05) is 6.07 Å². The number of aryl methyl sites for hydroxylation is 1. The van der Waals surface area contributed by atoms with E-state index in [2.05, 4.69) is 28.5 Å². The van der Waals surface area contributed by atoms with E-state index < -0.39 is 0 Å². The molecule has 0 radical (unpaired) electrons. The molecule has 6 nitrogen and oxygen atoms in total. The molecular formula is C23H21N5O. The Morgan fingerprint density at radius 3 is 2.90 bits per heavy atom. The van der Waals surface area contributed by atoms with E-state index in [0.717, 1.165) is 42.0 Å². The molecule has 0 spiro atoms. The zero-order valence-corrected chi connectivity index (χ0v) is 16.0. The van der Waals surface area contributed by atoms with E-state index >= 15 is 0 Å². The van der Waals surface area contributed by atoms with Gasteiger partial charge in [-0.05, 0) is 62.1 Å². The maximum Gasteiger partial charge on any atom is 0.251 e. The van der Waals surface area contributed by atoms with Crippen molar-refractivity contribution in [3.63, 3.8) is 0 Å². The fourth-order valence-electron chi connectivity index (χ4n) is 3.95. The minimum absolute atomic E-state index is 0.0898. The maximum atomic E-state index is 12.7. The molecule has 1 atom stereocenters. The maximum absolute atomic E-state index is 12.7. The number of pyridine rings is 1. The van der Waals surface area contributed by atoms with Crippen LogP contribution in [0.2, 0.25) is 0 Å². The highest BCUT2D eigenvalue weighted by molar-refractivity contribution is 5.94. The normalized spacial score (nSPS) is 18.0. The van der Waals surface area contributed by atoms with Gasteiger partial charge in [0.25, 0.3) is 5.91 Å². The summed E-state index contributed by atoms with van der Waals surface area (Å²) in [5.41, 5.74) is 5.17. The monoisotopic (exact) mass is 383 g/mol. The Labute approximate surface area is 169 Å². The van der Waals surface area contributed by atoms with Crippen LogP contribution in [0.25, 0.3) is 11.3 Å². The number of benzene rings is 1. The predicted molar refractivity (Wildman–Crippen MR) is 108 cm³/mol. The molecule has 1 N–H and O–H groups in total. The average molecular weight is 383 g/mol. The number of nitriles is 1. The lowest BCUT2D eigenvalue weighted by Crippen LogP contribution is -2.32. The summed E-state index contributed by atoms with van der Waals surface area (Å²) in [6, 6.07) is 15.0. The van der Waals surface area contributed by atoms with Gasteiger partial charge < -0.3 is 5.32 Å². The number of hydrogen-bond acceptors (Lipinski definition) is 4. The largest absolute Gasteiger partial charge is 0.344 e. The van der Waals surface area contributed by atoms with Crippen molar-refractivity contribution in [2.75, 3.05) is 0 Å². The standard InChI is InChI=1S/C23H21N5O/c24-14-15-3-1-4-18(11-15)23(29)26-19-5-2-10-28-22(19)13-21(27-28)17-8-9-25-20(12-17)16-6-7-16/h1,3-4,8-9,11-13,16,19H,2,5-7,10H2,(H,26,29)/t19-/m0/s1. The lowest BCUT2D eigenvalue weighted by atomic mass is 10.0. The molecule has 0 saturated heterocycles. The molecule has 3 heterocycles. The zero-order chi connectivity index (χ0) is 19.8. The van der Waals surface area contributed by atoms with Crippen molar-refractivity contribution in [1.82, 2.24) is 20.1 Å². The molecule has 144 valence electrons. The Balaban J connectivity index is 1.40. The van der Waals surface area contributed by atoms with E-state index in [1.165, 1.54) is 12.8 Å². The highest BCUT2D eigenvalue weighted by atomic mass is 16.1. The first-order chi connectivity index (χ1) is 14.2. The fraction of sp³-hybridized carbons (Fsp3) is 0.304. The van der Waals surface area contributed by atoms with Crippen LogP contribution in [0, 0.1) is 11.3 Å². The van der Waals surface area contributed by atoms with Crippen LogP contribution in [0.15, 0.2) is 48.7 Å². The van der Waals surface area contributed by atoms with Crippen molar-refractivity contribution >= 4 is 5.91 Å². The summed E-state index contributed by atoms with van der Waals surface area (Å²) in [5.74, 6) is 0.437. The third kappa shape index (κ3) is 3.52. The van der Waals surface area contributed by atoms with E-state index in [9.17, 15) is 4.79 Å². The summed E-state index contributed by atoms with van der Waals surface area (Å²) in [6.07, 6.45) is 6.14. The molecule has 29 heavy (non-hydrogen) atoms. The Morgan fingerprint density at radius 1 is 1.17 bits per heavy atom. The van der Waals surface area contributed by atoms with Gasteiger partial charge in [0.1, 0.15) is 0 Å². The van der Waals surface area contributed by atoms with E-state index in [-0.39, 0.29) is 11.9 Å². The van der Waals surface area contributed by atoms with Gasteiger partial charge in [-0.15, -0.1) is 0 Å². The molecule has 1 aliphatic heterocycles. The van der Waals surface area contributed by atoms with Crippen molar-refractivity contribution in [1.29, 1.82) is 5.26 Å². The Hall–Kier alpha value is -3.46. The molecule has 0 bridgehead atoms. The summed E-state index contributed by atoms with van der Waals surface area (Å²) in [5, 5.41) is 17.0. The molecule has 3 aromatic rings. The van der Waals surface area contributed by atoms with Crippen LogP contribution in [0.4, 0.5) is 0 Å². The smallest absolute Gasteiger partial charge is 0.251 e. The van der Waals surface area contributed by atoms with Gasteiger partial charge in [-0.25, -0.2) is 0 Å². The fourth-order valence-corrected chi connectivity index (χ4v) is 3.95. The predicted octanol–water partition coefficient (Wildman–Crippen LogP) is 3.96. The summed E-state index contributed by atoms with van der Waals surface area (Å²) in [4.78, 5) is 17.2. The summed E-state index contributed by atoms with van der Waals surface area (Å²) in [7, 11) is 0. The Kier molecular flexibility index (Phi) is 4.36.